The van der Waals surface area contributed by atoms with Crippen LogP contribution >= 0.6 is 27.5 Å². The molecule has 0 unspecified atom stereocenters. The molecule has 2 amide bonds. The molecule has 0 saturated heterocycles. The molecule has 1 aliphatic heterocycles. The number of carbonyl (C=O) groups excluding carboxylic acids is 2. The number of carbonyl (C=O) groups is 2. The summed E-state index contributed by atoms with van der Waals surface area (Å²) in [7, 11) is 0. The second-order valence-electron chi connectivity index (χ2n) is 7.41. The molecule has 4 nitrogen and oxygen atoms in total. The Kier molecular flexibility index (Phi) is 4.25. The van der Waals surface area contributed by atoms with Gasteiger partial charge in [0.2, 0.25) is 0 Å². The fourth-order valence-electron chi connectivity index (χ4n) is 3.99. The number of rotatable bonds is 4. The molecule has 1 fully saturated rings. The number of hydrogen-bond acceptors (Lipinski definition) is 3. The first-order chi connectivity index (χ1) is 13.5. The second kappa shape index (κ2) is 6.68. The Morgan fingerprint density at radius 3 is 2.39 bits per heavy atom. The van der Waals surface area contributed by atoms with Crippen LogP contribution in [0.4, 0.5) is 0 Å². The van der Waals surface area contributed by atoms with Gasteiger partial charge < -0.3 is 0 Å². The van der Waals surface area contributed by atoms with Gasteiger partial charge in [-0.3, -0.25) is 14.5 Å². The van der Waals surface area contributed by atoms with E-state index in [2.05, 4.69) is 20.9 Å². The third-order valence-electron chi connectivity index (χ3n) is 5.56. The average molecular weight is 456 g/mol. The fraction of sp³-hybridized carbons (Fsp3) is 0.227. The molecule has 6 heteroatoms. The van der Waals surface area contributed by atoms with E-state index in [1.807, 2.05) is 24.3 Å². The molecule has 1 aliphatic carbocycles. The number of pyridine rings is 1. The normalized spacial score (nSPS) is 17.3. The number of hydrogen-bond donors (Lipinski definition) is 0. The first-order valence-electron chi connectivity index (χ1n) is 9.24. The van der Waals surface area contributed by atoms with Crippen LogP contribution in [0, 0.1) is 5.92 Å². The molecule has 1 saturated carbocycles. The molecule has 3 aromatic rings. The van der Waals surface area contributed by atoms with E-state index in [-0.39, 0.29) is 17.9 Å². The second-order valence-corrected chi connectivity index (χ2v) is 8.68. The summed E-state index contributed by atoms with van der Waals surface area (Å²) in [5, 5.41) is 1.41. The fourth-order valence-corrected chi connectivity index (χ4v) is 4.56. The average Bonchev–Trinajstić information content (AvgIpc) is 3.49. The molecule has 0 bridgehead atoms. The van der Waals surface area contributed by atoms with Crippen LogP contribution in [0.15, 0.2) is 53.0 Å². The molecule has 28 heavy (non-hydrogen) atoms. The number of halogens is 2. The standard InChI is InChI=1S/C22H16BrClN2O2/c23-15-8-7-13-9-14(20(24)25-18(13)11-15)10-19(12-5-6-12)26-21(27)16-3-1-2-4-17(16)22(26)28/h1-4,7-9,11-12,19H,5-6,10H2/t19-/m0/s1. The van der Waals surface area contributed by atoms with Gasteiger partial charge in [0, 0.05) is 15.9 Å². The van der Waals surface area contributed by atoms with Crippen molar-refractivity contribution in [1.82, 2.24) is 9.88 Å². The summed E-state index contributed by atoms with van der Waals surface area (Å²) in [5.41, 5.74) is 2.66. The van der Waals surface area contributed by atoms with Crippen molar-refractivity contribution >= 4 is 50.2 Å². The number of aromatic nitrogens is 1. The van der Waals surface area contributed by atoms with Crippen LogP contribution in [0.2, 0.25) is 5.15 Å². The van der Waals surface area contributed by atoms with Gasteiger partial charge in [-0.25, -0.2) is 4.98 Å². The van der Waals surface area contributed by atoms with E-state index in [4.69, 9.17) is 11.6 Å². The van der Waals surface area contributed by atoms with Crippen molar-refractivity contribution in [2.24, 2.45) is 5.92 Å². The van der Waals surface area contributed by atoms with E-state index < -0.39 is 0 Å². The van der Waals surface area contributed by atoms with Gasteiger partial charge in [0.05, 0.1) is 16.6 Å². The highest BCUT2D eigenvalue weighted by atomic mass is 79.9. The van der Waals surface area contributed by atoms with E-state index >= 15 is 0 Å². The van der Waals surface area contributed by atoms with Crippen molar-refractivity contribution in [1.29, 1.82) is 0 Å². The van der Waals surface area contributed by atoms with Crippen molar-refractivity contribution in [3.8, 4) is 0 Å². The van der Waals surface area contributed by atoms with E-state index in [0.717, 1.165) is 33.8 Å². The zero-order valence-corrected chi connectivity index (χ0v) is 17.2. The van der Waals surface area contributed by atoms with Gasteiger partial charge in [-0.1, -0.05) is 45.7 Å². The summed E-state index contributed by atoms with van der Waals surface area (Å²) in [6.45, 7) is 0. The smallest absolute Gasteiger partial charge is 0.261 e. The van der Waals surface area contributed by atoms with Gasteiger partial charge >= 0.3 is 0 Å². The van der Waals surface area contributed by atoms with Crippen LogP contribution in [0.1, 0.15) is 39.1 Å². The summed E-state index contributed by atoms with van der Waals surface area (Å²) in [4.78, 5) is 31.9. The lowest BCUT2D eigenvalue weighted by molar-refractivity contribution is 0.0563. The Labute approximate surface area is 175 Å². The van der Waals surface area contributed by atoms with Crippen LogP contribution in [0.5, 0.6) is 0 Å². The van der Waals surface area contributed by atoms with Crippen molar-refractivity contribution in [2.45, 2.75) is 25.3 Å². The summed E-state index contributed by atoms with van der Waals surface area (Å²) in [5.74, 6) is -0.0866. The van der Waals surface area contributed by atoms with Crippen LogP contribution in [0.25, 0.3) is 10.9 Å². The molecule has 2 aliphatic rings. The van der Waals surface area contributed by atoms with Gasteiger partial charge in [-0.05, 0) is 61.1 Å². The summed E-state index contributed by atoms with van der Waals surface area (Å²) < 4.78 is 0.943. The van der Waals surface area contributed by atoms with Crippen LogP contribution in [0.3, 0.4) is 0 Å². The maximum absolute atomic E-state index is 13.0. The monoisotopic (exact) mass is 454 g/mol. The first-order valence-corrected chi connectivity index (χ1v) is 10.4. The van der Waals surface area contributed by atoms with E-state index in [1.54, 1.807) is 24.3 Å². The Hall–Kier alpha value is -2.24. The first kappa shape index (κ1) is 17.8. The molecule has 0 N–H and O–H groups in total. The predicted octanol–water partition coefficient (Wildman–Crippen LogP) is 5.27. The highest BCUT2D eigenvalue weighted by Crippen LogP contribution is 2.40. The topological polar surface area (TPSA) is 50.3 Å². The van der Waals surface area contributed by atoms with Crippen LogP contribution in [-0.2, 0) is 6.42 Å². The third-order valence-corrected chi connectivity index (χ3v) is 6.38. The maximum Gasteiger partial charge on any atom is 0.261 e. The quantitative estimate of drug-likeness (QED) is 0.398. The molecule has 1 aromatic heterocycles. The van der Waals surface area contributed by atoms with Gasteiger partial charge in [-0.15, -0.1) is 0 Å². The highest BCUT2D eigenvalue weighted by molar-refractivity contribution is 9.10. The van der Waals surface area contributed by atoms with Crippen LogP contribution < -0.4 is 0 Å². The van der Waals surface area contributed by atoms with E-state index in [1.165, 1.54) is 4.90 Å². The zero-order chi connectivity index (χ0) is 19.4. The molecule has 2 aromatic carbocycles. The summed E-state index contributed by atoms with van der Waals surface area (Å²) in [6, 6.07) is 14.7. The Bertz CT molecular complexity index is 1110. The Morgan fingerprint density at radius 1 is 1.07 bits per heavy atom. The molecular weight excluding hydrogens is 440 g/mol. The number of fused-ring (bicyclic) bond motifs is 2. The molecule has 5 rings (SSSR count). The van der Waals surface area contributed by atoms with Gasteiger partial charge in [0.25, 0.3) is 11.8 Å². The number of imide groups is 1. The number of amides is 2. The maximum atomic E-state index is 13.0. The molecular formula is C22H16BrClN2O2. The molecule has 1 atom stereocenters. The van der Waals surface area contributed by atoms with Crippen LogP contribution in [-0.4, -0.2) is 27.7 Å². The van der Waals surface area contributed by atoms with E-state index in [9.17, 15) is 9.59 Å². The van der Waals surface area contributed by atoms with Crippen molar-refractivity contribution < 1.29 is 9.59 Å². The zero-order valence-electron chi connectivity index (χ0n) is 14.9. The highest BCUT2D eigenvalue weighted by Gasteiger charge is 2.45. The van der Waals surface area contributed by atoms with E-state index in [0.29, 0.717) is 28.6 Å². The lowest BCUT2D eigenvalue weighted by Gasteiger charge is -2.26. The largest absolute Gasteiger partial charge is 0.271 e. The number of nitrogens with zero attached hydrogens (tertiary/aromatic N) is 2. The Balaban J connectivity index is 1.52. The lowest BCUT2D eigenvalue weighted by atomic mass is 10.0. The molecule has 0 spiro atoms. The minimum absolute atomic E-state index is 0.195. The number of benzene rings is 2. The van der Waals surface area contributed by atoms with Crippen molar-refractivity contribution in [3.05, 3.63) is 74.8 Å². The third kappa shape index (κ3) is 2.93. The van der Waals surface area contributed by atoms with Gasteiger partial charge in [0.1, 0.15) is 5.15 Å². The molecule has 2 heterocycles. The predicted molar refractivity (Wildman–Crippen MR) is 112 cm³/mol. The summed E-state index contributed by atoms with van der Waals surface area (Å²) in [6.07, 6.45) is 2.56. The van der Waals surface area contributed by atoms with Crippen molar-refractivity contribution in [2.75, 3.05) is 0 Å². The Morgan fingerprint density at radius 2 is 1.75 bits per heavy atom. The summed E-state index contributed by atoms with van der Waals surface area (Å²) >= 11 is 9.93. The van der Waals surface area contributed by atoms with Gasteiger partial charge in [-0.2, -0.15) is 0 Å². The lowest BCUT2D eigenvalue weighted by Crippen LogP contribution is -2.42. The minimum atomic E-state index is -0.202. The molecule has 0 radical (unpaired) electrons. The van der Waals surface area contributed by atoms with Crippen molar-refractivity contribution in [3.63, 3.8) is 0 Å². The minimum Gasteiger partial charge on any atom is -0.271 e. The van der Waals surface area contributed by atoms with Gasteiger partial charge in [0.15, 0.2) is 0 Å². The molecule has 140 valence electrons. The SMILES string of the molecule is O=C1c2ccccc2C(=O)N1[C@@H](Cc1cc2ccc(Br)cc2nc1Cl)C1CC1.